The van der Waals surface area contributed by atoms with Gasteiger partial charge in [0.15, 0.2) is 5.78 Å². The van der Waals surface area contributed by atoms with E-state index in [9.17, 15) is 4.79 Å². The van der Waals surface area contributed by atoms with Crippen molar-refractivity contribution in [2.45, 2.75) is 6.42 Å². The number of carbonyl (C=O) groups is 1. The number of aromatic nitrogens is 3. The molecule has 0 aliphatic carbocycles. The Bertz CT molecular complexity index is 502. The van der Waals surface area contributed by atoms with Gasteiger partial charge in [-0.15, -0.1) is 0 Å². The number of hydrogen-bond acceptors (Lipinski definition) is 4. The molecule has 2 rings (SSSR count). The molecule has 0 spiro atoms. The summed E-state index contributed by atoms with van der Waals surface area (Å²) >= 11 is 5.63. The third-order valence-corrected chi connectivity index (χ3v) is 2.19. The molecule has 0 fully saturated rings. The van der Waals surface area contributed by atoms with E-state index in [2.05, 4.69) is 15.0 Å². The van der Waals surface area contributed by atoms with E-state index < -0.39 is 0 Å². The zero-order valence-electron chi connectivity index (χ0n) is 8.30. The molecule has 0 radical (unpaired) electrons. The molecule has 0 saturated carbocycles. The molecule has 0 unspecified atom stereocenters. The molecule has 0 aliphatic rings. The van der Waals surface area contributed by atoms with E-state index >= 15 is 0 Å². The minimum Gasteiger partial charge on any atom is -0.294 e. The third-order valence-electron chi connectivity index (χ3n) is 2.01. The van der Waals surface area contributed by atoms with Gasteiger partial charge in [-0.3, -0.25) is 9.78 Å². The predicted octanol–water partition coefficient (Wildman–Crippen LogP) is 1.95. The number of hydrogen-bond donors (Lipinski definition) is 0. The van der Waals surface area contributed by atoms with Gasteiger partial charge in [-0.25, -0.2) is 9.97 Å². The molecule has 0 N–H and O–H groups in total. The summed E-state index contributed by atoms with van der Waals surface area (Å²) in [7, 11) is 0. The molecular formula is C11H8ClN3O. The van der Waals surface area contributed by atoms with Gasteiger partial charge in [-0.05, 0) is 29.8 Å². The lowest BCUT2D eigenvalue weighted by molar-refractivity contribution is 0.0991. The fourth-order valence-corrected chi connectivity index (χ4v) is 1.43. The predicted molar refractivity (Wildman–Crippen MR) is 59.3 cm³/mol. The van der Waals surface area contributed by atoms with Crippen LogP contribution in [0, 0.1) is 0 Å². The van der Waals surface area contributed by atoms with E-state index in [1.807, 2.05) is 0 Å². The van der Waals surface area contributed by atoms with Crippen molar-refractivity contribution in [3.8, 4) is 0 Å². The van der Waals surface area contributed by atoms with Crippen LogP contribution < -0.4 is 0 Å². The zero-order valence-corrected chi connectivity index (χ0v) is 9.05. The maximum absolute atomic E-state index is 11.8. The largest absolute Gasteiger partial charge is 0.294 e. The molecule has 0 atom stereocenters. The highest BCUT2D eigenvalue weighted by atomic mass is 35.5. The molecule has 4 nitrogen and oxygen atoms in total. The smallest absolute Gasteiger partial charge is 0.222 e. The molecule has 2 aromatic rings. The van der Waals surface area contributed by atoms with Crippen molar-refractivity contribution < 1.29 is 4.79 Å². The minimum absolute atomic E-state index is 0.0390. The second kappa shape index (κ2) is 4.81. The molecule has 0 aliphatic heterocycles. The van der Waals surface area contributed by atoms with Crippen LogP contribution in [0.4, 0.5) is 0 Å². The quantitative estimate of drug-likeness (QED) is 0.601. The van der Waals surface area contributed by atoms with Crippen molar-refractivity contribution in [2.75, 3.05) is 0 Å². The van der Waals surface area contributed by atoms with Crippen LogP contribution >= 0.6 is 11.6 Å². The van der Waals surface area contributed by atoms with E-state index in [0.29, 0.717) is 11.3 Å². The van der Waals surface area contributed by atoms with Gasteiger partial charge in [0.05, 0.1) is 12.1 Å². The number of rotatable bonds is 3. The Labute approximate surface area is 97.3 Å². The Morgan fingerprint density at radius 3 is 2.88 bits per heavy atom. The minimum atomic E-state index is -0.0390. The summed E-state index contributed by atoms with van der Waals surface area (Å²) in [5, 5.41) is 0.150. The van der Waals surface area contributed by atoms with Crippen molar-refractivity contribution in [1.82, 2.24) is 15.0 Å². The van der Waals surface area contributed by atoms with Gasteiger partial charge >= 0.3 is 0 Å². The number of Topliss-reactive ketones (excluding diaryl/α,β-unsaturated/α-hetero) is 1. The summed E-state index contributed by atoms with van der Waals surface area (Å²) in [6.45, 7) is 0. The van der Waals surface area contributed by atoms with Crippen molar-refractivity contribution in [1.29, 1.82) is 0 Å². The van der Waals surface area contributed by atoms with Crippen molar-refractivity contribution >= 4 is 17.4 Å². The Morgan fingerprint density at radius 1 is 1.31 bits per heavy atom. The first-order valence-electron chi connectivity index (χ1n) is 4.66. The molecule has 16 heavy (non-hydrogen) atoms. The Kier molecular flexibility index (Phi) is 3.22. The SMILES string of the molecule is O=C(Cc1ccnc(Cl)n1)c1cccnc1. The standard InChI is InChI=1S/C11H8ClN3O/c12-11-14-5-3-9(15-11)6-10(16)8-2-1-4-13-7-8/h1-5,7H,6H2. The number of nitrogens with zero attached hydrogens (tertiary/aromatic N) is 3. The molecule has 0 saturated heterocycles. The molecule has 80 valence electrons. The van der Waals surface area contributed by atoms with Crippen LogP contribution in [0.25, 0.3) is 0 Å². The molecule has 0 bridgehead atoms. The molecular weight excluding hydrogens is 226 g/mol. The Balaban J connectivity index is 2.14. The van der Waals surface area contributed by atoms with E-state index in [1.165, 1.54) is 12.4 Å². The number of halogens is 1. The lowest BCUT2D eigenvalue weighted by atomic mass is 10.1. The molecule has 2 heterocycles. The topological polar surface area (TPSA) is 55.7 Å². The summed E-state index contributed by atoms with van der Waals surface area (Å²) in [5.41, 5.74) is 1.17. The van der Waals surface area contributed by atoms with Crippen LogP contribution in [0.3, 0.4) is 0 Å². The molecule has 5 heteroatoms. The maximum Gasteiger partial charge on any atom is 0.222 e. The highest BCUT2D eigenvalue weighted by Gasteiger charge is 2.08. The van der Waals surface area contributed by atoms with Crippen LogP contribution in [0.2, 0.25) is 5.28 Å². The summed E-state index contributed by atoms with van der Waals surface area (Å²) in [6.07, 6.45) is 4.89. The average molecular weight is 234 g/mol. The first kappa shape index (κ1) is 10.7. The van der Waals surface area contributed by atoms with Gasteiger partial charge in [-0.2, -0.15) is 0 Å². The fourth-order valence-electron chi connectivity index (χ4n) is 1.26. The van der Waals surface area contributed by atoms with Gasteiger partial charge in [-0.1, -0.05) is 0 Å². The summed E-state index contributed by atoms with van der Waals surface area (Å²) in [6, 6.07) is 5.11. The van der Waals surface area contributed by atoms with Crippen LogP contribution in [-0.4, -0.2) is 20.7 Å². The highest BCUT2D eigenvalue weighted by Crippen LogP contribution is 2.06. The van der Waals surface area contributed by atoms with Crippen molar-refractivity contribution in [2.24, 2.45) is 0 Å². The highest BCUT2D eigenvalue weighted by molar-refractivity contribution is 6.28. The Morgan fingerprint density at radius 2 is 2.19 bits per heavy atom. The van der Waals surface area contributed by atoms with Gasteiger partial charge < -0.3 is 0 Å². The number of carbonyl (C=O) groups excluding carboxylic acids is 1. The fraction of sp³-hybridized carbons (Fsp3) is 0.0909. The maximum atomic E-state index is 11.8. The van der Waals surface area contributed by atoms with Crippen LogP contribution in [0.5, 0.6) is 0 Å². The number of pyridine rings is 1. The lowest BCUT2D eigenvalue weighted by Gasteiger charge is -2.00. The van der Waals surface area contributed by atoms with Crippen LogP contribution in [0.1, 0.15) is 16.1 Å². The second-order valence-electron chi connectivity index (χ2n) is 3.16. The van der Waals surface area contributed by atoms with E-state index in [0.717, 1.165) is 0 Å². The van der Waals surface area contributed by atoms with Gasteiger partial charge in [0, 0.05) is 24.2 Å². The van der Waals surface area contributed by atoms with Crippen molar-refractivity contribution in [3.05, 3.63) is 53.3 Å². The first-order chi connectivity index (χ1) is 7.75. The van der Waals surface area contributed by atoms with Crippen LogP contribution in [-0.2, 0) is 6.42 Å². The molecule has 0 aromatic carbocycles. The summed E-state index contributed by atoms with van der Waals surface area (Å²) in [5.74, 6) is -0.0390. The van der Waals surface area contributed by atoms with E-state index in [-0.39, 0.29) is 17.5 Å². The average Bonchev–Trinajstić information content (AvgIpc) is 2.30. The summed E-state index contributed by atoms with van der Waals surface area (Å²) < 4.78 is 0. The number of ketones is 1. The third kappa shape index (κ3) is 2.61. The molecule has 2 aromatic heterocycles. The van der Waals surface area contributed by atoms with E-state index in [4.69, 9.17) is 11.6 Å². The van der Waals surface area contributed by atoms with E-state index in [1.54, 1.807) is 24.4 Å². The Hall–Kier alpha value is -1.81. The monoisotopic (exact) mass is 233 g/mol. The van der Waals surface area contributed by atoms with Gasteiger partial charge in [0.1, 0.15) is 0 Å². The van der Waals surface area contributed by atoms with Gasteiger partial charge in [0.25, 0.3) is 0 Å². The van der Waals surface area contributed by atoms with Gasteiger partial charge in [0.2, 0.25) is 5.28 Å². The summed E-state index contributed by atoms with van der Waals surface area (Å²) in [4.78, 5) is 23.4. The molecule has 0 amide bonds. The lowest BCUT2D eigenvalue weighted by Crippen LogP contribution is -2.05. The van der Waals surface area contributed by atoms with Crippen LogP contribution in [0.15, 0.2) is 36.8 Å². The second-order valence-corrected chi connectivity index (χ2v) is 3.50. The zero-order chi connectivity index (χ0) is 11.4. The normalized spacial score (nSPS) is 10.1. The van der Waals surface area contributed by atoms with Crippen molar-refractivity contribution in [3.63, 3.8) is 0 Å². The first-order valence-corrected chi connectivity index (χ1v) is 5.04.